The van der Waals surface area contributed by atoms with E-state index in [1.165, 1.54) is 88.1 Å². The molecule has 0 fully saturated rings. The SMILES string of the molecule is CC1C=C(c2ccc3c(c2)-c2ccccc2N2c4ccccc4Sc4c2c-3cc2ccccc42)C=C(N(c2ccccc2)c2ccccc2)C1. The van der Waals surface area contributed by atoms with Crippen LogP contribution in [0.5, 0.6) is 0 Å². The summed E-state index contributed by atoms with van der Waals surface area (Å²) in [5.74, 6) is 0.388. The van der Waals surface area contributed by atoms with E-state index in [9.17, 15) is 0 Å². The van der Waals surface area contributed by atoms with Crippen molar-refractivity contribution < 1.29 is 0 Å². The van der Waals surface area contributed by atoms with Crippen molar-refractivity contribution in [3.8, 4) is 22.3 Å². The number of rotatable bonds is 4. The summed E-state index contributed by atoms with van der Waals surface area (Å²) in [6.45, 7) is 2.34. The molecule has 0 amide bonds. The molecule has 1 atom stereocenters. The zero-order valence-electron chi connectivity index (χ0n) is 27.8. The zero-order chi connectivity index (χ0) is 33.2. The first kappa shape index (κ1) is 29.2. The molecule has 1 aliphatic carbocycles. The molecule has 2 heterocycles. The van der Waals surface area contributed by atoms with E-state index in [2.05, 4.69) is 187 Å². The molecular weight excluding hydrogens is 625 g/mol. The molecule has 3 heteroatoms. The maximum Gasteiger partial charge on any atom is 0.0686 e. The van der Waals surface area contributed by atoms with Crippen LogP contribution in [0.1, 0.15) is 18.9 Å². The standard InChI is InChI=1S/C47H34N2S/c1-31-26-34(28-37(27-31)48(35-15-4-2-5-16-35)36-17-6-3-7-18-36)32-24-25-39-41(29-32)40-20-10-11-21-43(40)49-44-22-12-13-23-45(44)50-47-38-19-9-8-14-33(38)30-42(39)46(47)49/h2-26,28-31H,27H2,1H3. The first-order chi connectivity index (χ1) is 24.7. The lowest BCUT2D eigenvalue weighted by molar-refractivity contribution is 0.699. The highest BCUT2D eigenvalue weighted by molar-refractivity contribution is 8.00. The summed E-state index contributed by atoms with van der Waals surface area (Å²) < 4.78 is 0. The largest absolute Gasteiger partial charge is 0.314 e. The lowest BCUT2D eigenvalue weighted by atomic mass is 9.86. The third-order valence-electron chi connectivity index (χ3n) is 10.2. The van der Waals surface area contributed by atoms with Crippen LogP contribution in [-0.2, 0) is 0 Å². The molecule has 2 nitrogen and oxygen atoms in total. The van der Waals surface area contributed by atoms with Crippen LogP contribution >= 0.6 is 11.8 Å². The van der Waals surface area contributed by atoms with Gasteiger partial charge in [-0.05, 0) is 106 Å². The topological polar surface area (TPSA) is 6.48 Å². The molecule has 7 aromatic carbocycles. The van der Waals surface area contributed by atoms with Gasteiger partial charge in [-0.1, -0.05) is 128 Å². The predicted molar refractivity (Wildman–Crippen MR) is 212 cm³/mol. The van der Waals surface area contributed by atoms with Crippen LogP contribution in [0.25, 0.3) is 38.6 Å². The summed E-state index contributed by atoms with van der Waals surface area (Å²) >= 11 is 1.90. The molecule has 1 unspecified atom stereocenters. The Balaban J connectivity index is 1.19. The van der Waals surface area contributed by atoms with Crippen LogP contribution in [0.15, 0.2) is 185 Å². The van der Waals surface area contributed by atoms with E-state index in [0.29, 0.717) is 5.92 Å². The zero-order valence-corrected chi connectivity index (χ0v) is 28.6. The van der Waals surface area contributed by atoms with E-state index in [-0.39, 0.29) is 0 Å². The molecule has 0 aromatic heterocycles. The Kier molecular flexibility index (Phi) is 6.82. The molecule has 50 heavy (non-hydrogen) atoms. The molecule has 2 aliphatic heterocycles. The molecule has 0 saturated heterocycles. The van der Waals surface area contributed by atoms with Crippen molar-refractivity contribution in [1.29, 1.82) is 0 Å². The highest BCUT2D eigenvalue weighted by Gasteiger charge is 2.34. The Morgan fingerprint density at radius 2 is 1.28 bits per heavy atom. The van der Waals surface area contributed by atoms with Crippen LogP contribution in [0.4, 0.5) is 28.4 Å². The second-order valence-corrected chi connectivity index (χ2v) is 14.5. The predicted octanol–water partition coefficient (Wildman–Crippen LogP) is 13.6. The molecule has 238 valence electrons. The minimum Gasteiger partial charge on any atom is -0.314 e. The summed E-state index contributed by atoms with van der Waals surface area (Å²) in [6.07, 6.45) is 5.84. The number of allylic oxidation sites excluding steroid dienone is 4. The van der Waals surface area contributed by atoms with Gasteiger partial charge >= 0.3 is 0 Å². The second kappa shape index (κ2) is 11.7. The fourth-order valence-corrected chi connectivity index (χ4v) is 9.30. The number of benzene rings is 7. The van der Waals surface area contributed by atoms with Crippen LogP contribution in [0.3, 0.4) is 0 Å². The van der Waals surface area contributed by atoms with Gasteiger partial charge in [0, 0.05) is 38.0 Å². The normalized spacial score (nSPS) is 15.5. The molecule has 3 aliphatic rings. The summed E-state index contributed by atoms with van der Waals surface area (Å²) in [5, 5.41) is 2.57. The summed E-state index contributed by atoms with van der Waals surface area (Å²) in [4.78, 5) is 7.55. The highest BCUT2D eigenvalue weighted by Crippen LogP contribution is 2.60. The van der Waals surface area contributed by atoms with Crippen LogP contribution in [0, 0.1) is 5.92 Å². The minimum atomic E-state index is 0.388. The van der Waals surface area contributed by atoms with E-state index in [0.717, 1.165) is 6.42 Å². The smallest absolute Gasteiger partial charge is 0.0686 e. The van der Waals surface area contributed by atoms with Gasteiger partial charge in [0.2, 0.25) is 0 Å². The van der Waals surface area contributed by atoms with Gasteiger partial charge in [0.05, 0.1) is 17.1 Å². The van der Waals surface area contributed by atoms with Crippen molar-refractivity contribution in [1.82, 2.24) is 0 Å². The van der Waals surface area contributed by atoms with Gasteiger partial charge in [-0.3, -0.25) is 0 Å². The Bertz CT molecular complexity index is 2470. The van der Waals surface area contributed by atoms with E-state index in [1.54, 1.807) is 0 Å². The number of anilines is 5. The number of hydrogen-bond acceptors (Lipinski definition) is 3. The van der Waals surface area contributed by atoms with Gasteiger partial charge in [0.25, 0.3) is 0 Å². The summed E-state index contributed by atoms with van der Waals surface area (Å²) in [6, 6.07) is 57.8. The van der Waals surface area contributed by atoms with Gasteiger partial charge in [-0.2, -0.15) is 0 Å². The number of fused-ring (bicyclic) bond motifs is 9. The lowest BCUT2D eigenvalue weighted by Crippen LogP contribution is -2.20. The van der Waals surface area contributed by atoms with E-state index in [1.807, 2.05) is 11.8 Å². The second-order valence-electron chi connectivity index (χ2n) is 13.5. The van der Waals surface area contributed by atoms with Crippen molar-refractivity contribution in [3.63, 3.8) is 0 Å². The Morgan fingerprint density at radius 1 is 0.600 bits per heavy atom. The first-order valence-corrected chi connectivity index (χ1v) is 18.2. The monoisotopic (exact) mass is 658 g/mol. The Morgan fingerprint density at radius 3 is 2.08 bits per heavy atom. The fraction of sp³-hybridized carbons (Fsp3) is 0.0638. The van der Waals surface area contributed by atoms with Gasteiger partial charge in [-0.25, -0.2) is 0 Å². The van der Waals surface area contributed by atoms with Gasteiger partial charge < -0.3 is 9.80 Å². The third kappa shape index (κ3) is 4.65. The molecule has 7 aromatic rings. The van der Waals surface area contributed by atoms with Crippen molar-refractivity contribution in [2.24, 2.45) is 5.92 Å². The maximum atomic E-state index is 2.52. The average molecular weight is 659 g/mol. The van der Waals surface area contributed by atoms with Gasteiger partial charge in [0.15, 0.2) is 0 Å². The molecule has 10 rings (SSSR count). The first-order valence-electron chi connectivity index (χ1n) is 17.4. The molecule has 0 spiro atoms. The maximum absolute atomic E-state index is 2.52. The lowest BCUT2D eigenvalue weighted by Gasteiger charge is -2.35. The van der Waals surface area contributed by atoms with Crippen molar-refractivity contribution in [2.75, 3.05) is 9.80 Å². The van der Waals surface area contributed by atoms with E-state index < -0.39 is 0 Å². The van der Waals surface area contributed by atoms with Crippen LogP contribution in [-0.4, -0.2) is 0 Å². The fourth-order valence-electron chi connectivity index (χ4n) is 8.07. The third-order valence-corrected chi connectivity index (χ3v) is 11.4. The molecule has 0 bridgehead atoms. The van der Waals surface area contributed by atoms with E-state index >= 15 is 0 Å². The molecule has 0 radical (unpaired) electrons. The van der Waals surface area contributed by atoms with Crippen molar-refractivity contribution in [2.45, 2.75) is 23.1 Å². The minimum absolute atomic E-state index is 0.388. The van der Waals surface area contributed by atoms with Gasteiger partial charge in [-0.15, -0.1) is 0 Å². The van der Waals surface area contributed by atoms with E-state index in [4.69, 9.17) is 0 Å². The van der Waals surface area contributed by atoms with Crippen molar-refractivity contribution in [3.05, 3.63) is 181 Å². The van der Waals surface area contributed by atoms with Crippen LogP contribution < -0.4 is 9.80 Å². The Hall–Kier alpha value is -5.77. The quantitative estimate of drug-likeness (QED) is 0.186. The van der Waals surface area contributed by atoms with Crippen molar-refractivity contribution >= 4 is 56.5 Å². The highest BCUT2D eigenvalue weighted by atomic mass is 32.2. The summed E-state index contributed by atoms with van der Waals surface area (Å²) in [5.41, 5.74) is 15.0. The van der Waals surface area contributed by atoms with Crippen LogP contribution in [0.2, 0.25) is 0 Å². The molecule has 0 N–H and O–H groups in total. The number of para-hydroxylation sites is 4. The Labute approximate surface area is 297 Å². The van der Waals surface area contributed by atoms with Gasteiger partial charge in [0.1, 0.15) is 0 Å². The average Bonchev–Trinajstić information content (AvgIpc) is 3.29. The molecular formula is C47H34N2S. The molecule has 0 saturated carbocycles. The number of hydrogen-bond donors (Lipinski definition) is 0. The summed E-state index contributed by atoms with van der Waals surface area (Å²) in [7, 11) is 0. The number of nitrogens with zero attached hydrogens (tertiary/aromatic N) is 2.